The third-order valence-corrected chi connectivity index (χ3v) is 4.57. The topological polar surface area (TPSA) is 66.3 Å². The molecule has 2 fully saturated rings. The average molecular weight is 275 g/mol. The van der Waals surface area contributed by atoms with Crippen LogP contribution in [0.15, 0.2) is 6.07 Å². The Labute approximate surface area is 119 Å². The fraction of sp³-hybridized carbons (Fsp3) is 0.667. The van der Waals surface area contributed by atoms with Crippen LogP contribution in [-0.4, -0.2) is 33.1 Å². The second-order valence-corrected chi connectivity index (χ2v) is 6.06. The van der Waals surface area contributed by atoms with Crippen molar-refractivity contribution in [1.29, 1.82) is 0 Å². The summed E-state index contributed by atoms with van der Waals surface area (Å²) < 4.78 is 0. The molecule has 0 radical (unpaired) electrons. The predicted molar refractivity (Wildman–Crippen MR) is 75.8 cm³/mol. The highest BCUT2D eigenvalue weighted by molar-refractivity contribution is 5.78. The van der Waals surface area contributed by atoms with E-state index in [1.165, 1.54) is 12.8 Å². The highest BCUT2D eigenvalue weighted by atomic mass is 16.4. The van der Waals surface area contributed by atoms with Gasteiger partial charge in [0, 0.05) is 17.4 Å². The maximum Gasteiger partial charge on any atom is 0.326 e. The van der Waals surface area contributed by atoms with Crippen molar-refractivity contribution in [3.05, 3.63) is 17.5 Å². The van der Waals surface area contributed by atoms with Gasteiger partial charge in [-0.15, -0.1) is 0 Å². The molecule has 3 rings (SSSR count). The molecule has 1 aromatic rings. The minimum Gasteiger partial charge on any atom is -0.480 e. The normalized spacial score (nSPS) is 29.3. The van der Waals surface area contributed by atoms with Gasteiger partial charge >= 0.3 is 5.97 Å². The third-order valence-electron chi connectivity index (χ3n) is 4.57. The van der Waals surface area contributed by atoms with Gasteiger partial charge < -0.3 is 10.0 Å². The maximum absolute atomic E-state index is 11.6. The third kappa shape index (κ3) is 2.25. The molecule has 5 heteroatoms. The first-order valence-electron chi connectivity index (χ1n) is 7.39. The first-order chi connectivity index (χ1) is 9.56. The maximum atomic E-state index is 11.6. The molecule has 0 amide bonds. The van der Waals surface area contributed by atoms with Gasteiger partial charge in [-0.25, -0.2) is 14.8 Å². The zero-order valence-corrected chi connectivity index (χ0v) is 12.0. The molecular formula is C15H21N3O2. The van der Waals surface area contributed by atoms with Gasteiger partial charge in [-0.1, -0.05) is 12.8 Å². The highest BCUT2D eigenvalue weighted by Crippen LogP contribution is 2.41. The molecule has 1 aromatic heterocycles. The second kappa shape index (κ2) is 5.04. The van der Waals surface area contributed by atoms with E-state index in [1.54, 1.807) is 0 Å². The summed E-state index contributed by atoms with van der Waals surface area (Å²) in [7, 11) is 0. The van der Waals surface area contributed by atoms with Gasteiger partial charge in [0.1, 0.15) is 6.04 Å². The number of nitrogens with zero attached hydrogens (tertiary/aromatic N) is 3. The number of aryl methyl sites for hydroxylation is 2. The van der Waals surface area contributed by atoms with Gasteiger partial charge in [0.2, 0.25) is 5.95 Å². The molecule has 5 nitrogen and oxygen atoms in total. The summed E-state index contributed by atoms with van der Waals surface area (Å²) in [6.07, 6.45) is 5.32. The van der Waals surface area contributed by atoms with E-state index < -0.39 is 12.0 Å². The van der Waals surface area contributed by atoms with Gasteiger partial charge in [-0.2, -0.15) is 0 Å². The number of rotatable bonds is 2. The van der Waals surface area contributed by atoms with Crippen LogP contribution >= 0.6 is 0 Å². The molecule has 1 aliphatic carbocycles. The SMILES string of the molecule is Cc1cc(C)nc(N2C(C(=O)O)CC3CCCCC32)n1. The molecule has 20 heavy (non-hydrogen) atoms. The summed E-state index contributed by atoms with van der Waals surface area (Å²) >= 11 is 0. The van der Waals surface area contributed by atoms with E-state index in [4.69, 9.17) is 0 Å². The summed E-state index contributed by atoms with van der Waals surface area (Å²) in [6, 6.07) is 1.75. The molecule has 1 N–H and O–H groups in total. The van der Waals surface area contributed by atoms with Crippen molar-refractivity contribution in [2.24, 2.45) is 5.92 Å². The molecule has 0 aromatic carbocycles. The van der Waals surface area contributed by atoms with E-state index in [9.17, 15) is 9.90 Å². The van der Waals surface area contributed by atoms with Gasteiger partial charge in [0.25, 0.3) is 0 Å². The standard InChI is InChI=1S/C15H21N3O2/c1-9-7-10(2)17-15(16-9)18-12-6-4-3-5-11(12)8-13(18)14(19)20/h7,11-13H,3-6,8H2,1-2H3,(H,19,20). The van der Waals surface area contributed by atoms with Crippen LogP contribution in [0.2, 0.25) is 0 Å². The number of fused-ring (bicyclic) bond motifs is 1. The lowest BCUT2D eigenvalue weighted by Crippen LogP contribution is -2.43. The Balaban J connectivity index is 2.00. The zero-order valence-electron chi connectivity index (χ0n) is 12.0. The van der Waals surface area contributed by atoms with Gasteiger partial charge in [-0.05, 0) is 45.1 Å². The van der Waals surface area contributed by atoms with Crippen molar-refractivity contribution >= 4 is 11.9 Å². The van der Waals surface area contributed by atoms with Crippen molar-refractivity contribution in [1.82, 2.24) is 9.97 Å². The average Bonchev–Trinajstić information content (AvgIpc) is 2.77. The van der Waals surface area contributed by atoms with Crippen molar-refractivity contribution in [2.75, 3.05) is 4.90 Å². The monoisotopic (exact) mass is 275 g/mol. The Kier molecular flexibility index (Phi) is 3.36. The zero-order chi connectivity index (χ0) is 14.3. The number of carboxylic acid groups (broad SMARTS) is 1. The van der Waals surface area contributed by atoms with E-state index in [0.717, 1.165) is 30.7 Å². The number of hydrogen-bond acceptors (Lipinski definition) is 4. The fourth-order valence-corrected chi connectivity index (χ4v) is 3.79. The van der Waals surface area contributed by atoms with Crippen LogP contribution in [0.25, 0.3) is 0 Å². The predicted octanol–water partition coefficient (Wildman–Crippen LogP) is 2.32. The van der Waals surface area contributed by atoms with Crippen LogP contribution in [0, 0.1) is 19.8 Å². The lowest BCUT2D eigenvalue weighted by molar-refractivity contribution is -0.138. The number of anilines is 1. The van der Waals surface area contributed by atoms with Crippen LogP contribution in [0.4, 0.5) is 5.95 Å². The van der Waals surface area contributed by atoms with Crippen LogP contribution in [0.5, 0.6) is 0 Å². The highest BCUT2D eigenvalue weighted by Gasteiger charge is 2.46. The Bertz CT molecular complexity index is 512. The molecule has 1 aliphatic heterocycles. The largest absolute Gasteiger partial charge is 0.480 e. The molecule has 1 saturated carbocycles. The van der Waals surface area contributed by atoms with Crippen LogP contribution in [-0.2, 0) is 4.79 Å². The van der Waals surface area contributed by atoms with Crippen molar-refractivity contribution < 1.29 is 9.90 Å². The molecule has 1 saturated heterocycles. The number of carbonyl (C=O) groups is 1. The van der Waals surface area contributed by atoms with E-state index >= 15 is 0 Å². The van der Waals surface area contributed by atoms with Gasteiger partial charge in [-0.3, -0.25) is 0 Å². The lowest BCUT2D eigenvalue weighted by atomic mass is 9.85. The number of aromatic nitrogens is 2. The Morgan fingerprint density at radius 1 is 1.25 bits per heavy atom. The molecule has 0 spiro atoms. The molecule has 2 heterocycles. The Morgan fingerprint density at radius 2 is 1.90 bits per heavy atom. The molecular weight excluding hydrogens is 254 g/mol. The Hall–Kier alpha value is -1.65. The van der Waals surface area contributed by atoms with Crippen LogP contribution < -0.4 is 4.90 Å². The van der Waals surface area contributed by atoms with E-state index in [0.29, 0.717) is 17.9 Å². The quantitative estimate of drug-likeness (QED) is 0.897. The van der Waals surface area contributed by atoms with Gasteiger partial charge in [0.05, 0.1) is 0 Å². The number of aliphatic carboxylic acids is 1. The van der Waals surface area contributed by atoms with E-state index in [-0.39, 0.29) is 0 Å². The summed E-state index contributed by atoms with van der Waals surface area (Å²) in [5.41, 5.74) is 1.80. The summed E-state index contributed by atoms with van der Waals surface area (Å²) in [4.78, 5) is 22.6. The molecule has 2 aliphatic rings. The first kappa shape index (κ1) is 13.3. The molecule has 3 unspecified atom stereocenters. The molecule has 108 valence electrons. The summed E-state index contributed by atoms with van der Waals surface area (Å²) in [6.45, 7) is 3.87. The van der Waals surface area contributed by atoms with E-state index in [1.807, 2.05) is 24.8 Å². The summed E-state index contributed by atoms with van der Waals surface area (Å²) in [5.74, 6) is 0.334. The minimum absolute atomic E-state index is 0.297. The number of carboxylic acids is 1. The number of hydrogen-bond donors (Lipinski definition) is 1. The molecule has 3 atom stereocenters. The summed E-state index contributed by atoms with van der Waals surface area (Å²) in [5, 5.41) is 9.53. The minimum atomic E-state index is -0.748. The first-order valence-corrected chi connectivity index (χ1v) is 7.39. The van der Waals surface area contributed by atoms with Crippen LogP contribution in [0.3, 0.4) is 0 Å². The Morgan fingerprint density at radius 3 is 2.55 bits per heavy atom. The smallest absolute Gasteiger partial charge is 0.326 e. The van der Waals surface area contributed by atoms with Gasteiger partial charge in [0.15, 0.2) is 0 Å². The van der Waals surface area contributed by atoms with E-state index in [2.05, 4.69) is 9.97 Å². The van der Waals surface area contributed by atoms with Crippen molar-refractivity contribution in [2.45, 2.75) is 58.0 Å². The van der Waals surface area contributed by atoms with Crippen molar-refractivity contribution in [3.8, 4) is 0 Å². The van der Waals surface area contributed by atoms with Crippen molar-refractivity contribution in [3.63, 3.8) is 0 Å². The lowest BCUT2D eigenvalue weighted by Gasteiger charge is -2.33. The molecule has 0 bridgehead atoms. The fourth-order valence-electron chi connectivity index (χ4n) is 3.79. The second-order valence-electron chi connectivity index (χ2n) is 6.06. The van der Waals surface area contributed by atoms with Crippen LogP contribution in [0.1, 0.15) is 43.5 Å².